The fourth-order valence-electron chi connectivity index (χ4n) is 9.20. The summed E-state index contributed by atoms with van der Waals surface area (Å²) >= 11 is 0. The maximum atomic E-state index is 6.73. The Bertz CT molecular complexity index is 2960. The van der Waals surface area contributed by atoms with Crippen LogP contribution in [0.2, 0.25) is 0 Å². The van der Waals surface area contributed by atoms with Crippen molar-refractivity contribution >= 4 is 39.0 Å². The summed E-state index contributed by atoms with van der Waals surface area (Å²) in [5.74, 6) is 0. The predicted molar refractivity (Wildman–Crippen MR) is 242 cm³/mol. The first-order chi connectivity index (χ1) is 28.6. The average molecular weight is 742 g/mol. The fourth-order valence-corrected chi connectivity index (χ4v) is 9.20. The molecule has 1 aromatic heterocycles. The van der Waals surface area contributed by atoms with E-state index in [-0.39, 0.29) is 5.41 Å². The molecule has 0 spiro atoms. The lowest BCUT2D eigenvalue weighted by Crippen LogP contribution is -2.22. The third-order valence-corrected chi connectivity index (χ3v) is 12.2. The summed E-state index contributed by atoms with van der Waals surface area (Å²) in [6.07, 6.45) is 0. The van der Waals surface area contributed by atoms with Crippen LogP contribution in [0.3, 0.4) is 0 Å². The molecule has 1 aliphatic rings. The Morgan fingerprint density at radius 2 is 0.793 bits per heavy atom. The maximum Gasteiger partial charge on any atom is 0.143 e. The molecule has 11 rings (SSSR count). The normalized spacial score (nSPS) is 12.7. The number of anilines is 3. The summed E-state index contributed by atoms with van der Waals surface area (Å²) in [4.78, 5) is 2.34. The van der Waals surface area contributed by atoms with Crippen LogP contribution in [0, 0.1) is 0 Å². The Morgan fingerprint density at radius 1 is 0.362 bits per heavy atom. The van der Waals surface area contributed by atoms with Gasteiger partial charge < -0.3 is 9.32 Å². The molecule has 2 nitrogen and oxygen atoms in total. The summed E-state index contributed by atoms with van der Waals surface area (Å²) in [5, 5.41) is 2.26. The van der Waals surface area contributed by atoms with E-state index in [0.717, 1.165) is 50.1 Å². The van der Waals surface area contributed by atoms with E-state index in [1.165, 1.54) is 50.1 Å². The standard InChI is InChI=1S/C56H39NO/c1-56(52-21-11-8-18-47(52)48-19-9-12-22-53(48)56)43-36-50(55-51(37-43)49-20-10-13-23-54(49)58-55)42-28-34-46(35-29-42)57(44-30-24-40(25-31-44)38-14-4-2-5-15-38)45-32-26-41(27-33-45)39-16-6-3-7-17-39/h2-37H,1H3. The molecular formula is C56H39NO. The van der Waals surface area contributed by atoms with Gasteiger partial charge in [0.25, 0.3) is 0 Å². The zero-order valence-electron chi connectivity index (χ0n) is 32.1. The second-order valence-electron chi connectivity index (χ2n) is 15.4. The molecule has 0 aliphatic heterocycles. The van der Waals surface area contributed by atoms with Crippen LogP contribution in [-0.4, -0.2) is 0 Å². The van der Waals surface area contributed by atoms with E-state index in [4.69, 9.17) is 4.42 Å². The summed E-state index contributed by atoms with van der Waals surface area (Å²) in [6.45, 7) is 2.39. The van der Waals surface area contributed by atoms with Gasteiger partial charge in [0.05, 0.1) is 0 Å². The van der Waals surface area contributed by atoms with Crippen molar-refractivity contribution in [2.75, 3.05) is 4.90 Å². The Hall–Kier alpha value is -7.42. The first kappa shape index (κ1) is 33.9. The summed E-state index contributed by atoms with van der Waals surface area (Å²) in [7, 11) is 0. The van der Waals surface area contributed by atoms with Crippen LogP contribution in [-0.2, 0) is 5.41 Å². The van der Waals surface area contributed by atoms with E-state index in [1.807, 2.05) is 0 Å². The molecule has 0 unspecified atom stereocenters. The molecule has 1 heterocycles. The number of rotatable bonds is 7. The quantitative estimate of drug-likeness (QED) is 0.162. The lowest BCUT2D eigenvalue weighted by Gasteiger charge is -2.29. The van der Waals surface area contributed by atoms with E-state index in [0.29, 0.717) is 0 Å². The van der Waals surface area contributed by atoms with Crippen molar-refractivity contribution in [2.24, 2.45) is 0 Å². The van der Waals surface area contributed by atoms with Crippen LogP contribution < -0.4 is 4.90 Å². The largest absolute Gasteiger partial charge is 0.455 e. The highest BCUT2D eigenvalue weighted by molar-refractivity contribution is 6.10. The van der Waals surface area contributed by atoms with Gasteiger partial charge in [0, 0.05) is 38.8 Å². The second-order valence-corrected chi connectivity index (χ2v) is 15.4. The highest BCUT2D eigenvalue weighted by Gasteiger charge is 2.41. The highest BCUT2D eigenvalue weighted by atomic mass is 16.3. The van der Waals surface area contributed by atoms with Gasteiger partial charge in [0.1, 0.15) is 11.2 Å². The van der Waals surface area contributed by atoms with E-state index in [9.17, 15) is 0 Å². The number of furan rings is 1. The Morgan fingerprint density at radius 3 is 1.33 bits per heavy atom. The summed E-state index contributed by atoms with van der Waals surface area (Å²) in [5.41, 5.74) is 18.2. The lowest BCUT2D eigenvalue weighted by atomic mass is 9.73. The van der Waals surface area contributed by atoms with Gasteiger partial charge in [-0.25, -0.2) is 0 Å². The number of para-hydroxylation sites is 1. The van der Waals surface area contributed by atoms with Crippen LogP contribution in [0.4, 0.5) is 17.1 Å². The van der Waals surface area contributed by atoms with E-state index in [1.54, 1.807) is 0 Å². The minimum Gasteiger partial charge on any atom is -0.455 e. The molecule has 0 saturated carbocycles. The van der Waals surface area contributed by atoms with Gasteiger partial charge in [0.15, 0.2) is 0 Å². The van der Waals surface area contributed by atoms with Gasteiger partial charge in [-0.15, -0.1) is 0 Å². The van der Waals surface area contributed by atoms with E-state index in [2.05, 4.69) is 230 Å². The molecule has 9 aromatic carbocycles. The zero-order valence-corrected chi connectivity index (χ0v) is 32.1. The van der Waals surface area contributed by atoms with Crippen molar-refractivity contribution in [3.63, 3.8) is 0 Å². The molecule has 58 heavy (non-hydrogen) atoms. The van der Waals surface area contributed by atoms with Crippen molar-refractivity contribution in [1.82, 2.24) is 0 Å². The number of hydrogen-bond donors (Lipinski definition) is 0. The smallest absolute Gasteiger partial charge is 0.143 e. The van der Waals surface area contributed by atoms with Gasteiger partial charge in [0.2, 0.25) is 0 Å². The minimum absolute atomic E-state index is 0.344. The molecule has 0 N–H and O–H groups in total. The topological polar surface area (TPSA) is 16.4 Å². The van der Waals surface area contributed by atoms with Gasteiger partial charge in [-0.2, -0.15) is 0 Å². The number of hydrogen-bond acceptors (Lipinski definition) is 2. The van der Waals surface area contributed by atoms with Gasteiger partial charge in [-0.3, -0.25) is 0 Å². The predicted octanol–water partition coefficient (Wildman–Crippen LogP) is 15.4. The lowest BCUT2D eigenvalue weighted by molar-refractivity contribution is 0.668. The van der Waals surface area contributed by atoms with Crippen LogP contribution in [0.1, 0.15) is 23.6 Å². The molecule has 0 radical (unpaired) electrons. The number of fused-ring (bicyclic) bond motifs is 6. The first-order valence-electron chi connectivity index (χ1n) is 20.0. The second kappa shape index (κ2) is 13.7. The van der Waals surface area contributed by atoms with Gasteiger partial charge >= 0.3 is 0 Å². The SMILES string of the molecule is CC1(c2cc(-c3ccc(N(c4ccc(-c5ccccc5)cc4)c4ccc(-c5ccccc5)cc4)cc3)c3oc4ccccc4c3c2)c2ccccc2-c2ccccc21. The molecule has 2 heteroatoms. The van der Waals surface area contributed by atoms with Crippen molar-refractivity contribution < 1.29 is 4.42 Å². The van der Waals surface area contributed by atoms with Crippen molar-refractivity contribution in [3.8, 4) is 44.5 Å². The molecule has 1 aliphatic carbocycles. The van der Waals surface area contributed by atoms with Gasteiger partial charge in [-0.1, -0.05) is 164 Å². The maximum absolute atomic E-state index is 6.73. The third kappa shape index (κ3) is 5.49. The monoisotopic (exact) mass is 741 g/mol. The molecule has 274 valence electrons. The fraction of sp³-hybridized carbons (Fsp3) is 0.0357. The minimum atomic E-state index is -0.344. The molecule has 10 aromatic rings. The van der Waals surface area contributed by atoms with Crippen LogP contribution >= 0.6 is 0 Å². The molecule has 0 atom stereocenters. The molecule has 0 bridgehead atoms. The van der Waals surface area contributed by atoms with Crippen LogP contribution in [0.25, 0.3) is 66.4 Å². The summed E-state index contributed by atoms with van der Waals surface area (Å²) < 4.78 is 6.73. The molecule has 0 amide bonds. The Labute approximate surface area is 338 Å². The van der Waals surface area contributed by atoms with E-state index < -0.39 is 0 Å². The third-order valence-electron chi connectivity index (χ3n) is 12.2. The number of nitrogens with zero attached hydrogens (tertiary/aromatic N) is 1. The van der Waals surface area contributed by atoms with E-state index >= 15 is 0 Å². The van der Waals surface area contributed by atoms with Crippen molar-refractivity contribution in [2.45, 2.75) is 12.3 Å². The van der Waals surface area contributed by atoms with Crippen molar-refractivity contribution in [3.05, 3.63) is 235 Å². The summed E-state index contributed by atoms with van der Waals surface area (Å²) in [6, 6.07) is 78.8. The first-order valence-corrected chi connectivity index (χ1v) is 20.0. The highest BCUT2D eigenvalue weighted by Crippen LogP contribution is 2.54. The van der Waals surface area contributed by atoms with Crippen molar-refractivity contribution in [1.29, 1.82) is 0 Å². The number of benzene rings is 9. The zero-order chi connectivity index (χ0) is 38.6. The van der Waals surface area contributed by atoms with Gasteiger partial charge in [-0.05, 0) is 117 Å². The molecular weight excluding hydrogens is 703 g/mol. The van der Waals surface area contributed by atoms with Crippen LogP contribution in [0.5, 0.6) is 0 Å². The Kier molecular flexibility index (Phi) is 7.97. The Balaban J connectivity index is 1.05. The molecule has 0 fully saturated rings. The average Bonchev–Trinajstić information content (AvgIpc) is 3.81. The van der Waals surface area contributed by atoms with Crippen LogP contribution in [0.15, 0.2) is 223 Å². The molecule has 0 saturated heterocycles.